The van der Waals surface area contributed by atoms with Gasteiger partial charge in [-0.2, -0.15) is 18.3 Å². The van der Waals surface area contributed by atoms with Gasteiger partial charge in [0.2, 0.25) is 0 Å². The zero-order chi connectivity index (χ0) is 19.4. The number of nitrogens with zero attached hydrogens (tertiary/aromatic N) is 2. The molecule has 0 spiro atoms. The summed E-state index contributed by atoms with van der Waals surface area (Å²) < 4.78 is 52.8. The molecule has 0 aliphatic carbocycles. The van der Waals surface area contributed by atoms with Crippen molar-refractivity contribution in [1.29, 1.82) is 0 Å². The summed E-state index contributed by atoms with van der Waals surface area (Å²) in [5.74, 6) is -0.158. The minimum absolute atomic E-state index is 0.00141. The van der Waals surface area contributed by atoms with Gasteiger partial charge in [-0.25, -0.2) is 9.18 Å². The number of amides is 2. The molecule has 1 aromatic heterocycles. The first-order valence-electron chi connectivity index (χ1n) is 7.83. The zero-order valence-electron chi connectivity index (χ0n) is 13.8. The summed E-state index contributed by atoms with van der Waals surface area (Å²) >= 11 is 0. The van der Waals surface area contributed by atoms with Gasteiger partial charge in [0.25, 0.3) is 0 Å². The summed E-state index contributed by atoms with van der Waals surface area (Å²) in [4.78, 5) is 12.0. The number of benzene rings is 2. The Labute approximate surface area is 151 Å². The Kier molecular flexibility index (Phi) is 5.11. The number of rotatable bonds is 4. The van der Waals surface area contributed by atoms with Crippen molar-refractivity contribution >= 4 is 17.5 Å². The van der Waals surface area contributed by atoms with E-state index in [1.165, 1.54) is 35.0 Å². The van der Waals surface area contributed by atoms with Crippen LogP contribution in [-0.2, 0) is 12.7 Å². The minimum Gasteiger partial charge on any atom is -0.308 e. The van der Waals surface area contributed by atoms with Crippen LogP contribution in [-0.4, -0.2) is 15.8 Å². The van der Waals surface area contributed by atoms with E-state index < -0.39 is 17.8 Å². The average molecular weight is 378 g/mol. The molecule has 0 saturated heterocycles. The van der Waals surface area contributed by atoms with E-state index in [-0.39, 0.29) is 17.3 Å². The van der Waals surface area contributed by atoms with Crippen LogP contribution in [0, 0.1) is 5.82 Å². The minimum atomic E-state index is -4.50. The first-order chi connectivity index (χ1) is 12.8. The van der Waals surface area contributed by atoms with Crippen molar-refractivity contribution in [1.82, 2.24) is 9.78 Å². The standard InChI is InChI=1S/C18H14F4N4O/c19-14-5-1-3-12(9-14)11-26-8-7-16(25-26)24-17(27)23-15-6-2-4-13(10-15)18(20,21)22/h1-10H,11H2,(H2,23,24,25,27). The van der Waals surface area contributed by atoms with E-state index in [9.17, 15) is 22.4 Å². The monoisotopic (exact) mass is 378 g/mol. The first kappa shape index (κ1) is 18.4. The molecule has 0 atom stereocenters. The number of hydrogen-bond donors (Lipinski definition) is 2. The molecule has 1 heterocycles. The maximum atomic E-state index is 13.2. The quantitative estimate of drug-likeness (QED) is 0.645. The number of hydrogen-bond acceptors (Lipinski definition) is 2. The van der Waals surface area contributed by atoms with E-state index in [0.29, 0.717) is 12.1 Å². The van der Waals surface area contributed by atoms with Crippen LogP contribution < -0.4 is 10.6 Å². The van der Waals surface area contributed by atoms with E-state index in [1.807, 2.05) is 0 Å². The van der Waals surface area contributed by atoms with E-state index >= 15 is 0 Å². The third-order valence-electron chi connectivity index (χ3n) is 3.56. The molecule has 27 heavy (non-hydrogen) atoms. The highest BCUT2D eigenvalue weighted by Gasteiger charge is 2.30. The third kappa shape index (κ3) is 5.06. The number of carbonyl (C=O) groups is 1. The molecule has 9 heteroatoms. The molecular formula is C18H14F4N4O. The van der Waals surface area contributed by atoms with Gasteiger partial charge in [0.1, 0.15) is 5.82 Å². The topological polar surface area (TPSA) is 59.0 Å². The van der Waals surface area contributed by atoms with E-state index in [0.717, 1.165) is 12.1 Å². The third-order valence-corrected chi connectivity index (χ3v) is 3.56. The molecule has 3 aromatic rings. The zero-order valence-corrected chi connectivity index (χ0v) is 13.8. The molecule has 140 valence electrons. The highest BCUT2D eigenvalue weighted by molar-refractivity contribution is 5.99. The molecule has 0 fully saturated rings. The van der Waals surface area contributed by atoms with Gasteiger partial charge < -0.3 is 5.32 Å². The first-order valence-corrected chi connectivity index (χ1v) is 7.83. The Morgan fingerprint density at radius 1 is 1.04 bits per heavy atom. The lowest BCUT2D eigenvalue weighted by atomic mass is 10.2. The average Bonchev–Trinajstić information content (AvgIpc) is 3.01. The summed E-state index contributed by atoms with van der Waals surface area (Å²) in [6.45, 7) is 0.300. The summed E-state index contributed by atoms with van der Waals surface area (Å²) in [6.07, 6.45) is -2.91. The van der Waals surface area contributed by atoms with Crippen molar-refractivity contribution in [3.63, 3.8) is 0 Å². The Morgan fingerprint density at radius 2 is 1.81 bits per heavy atom. The fourth-order valence-corrected chi connectivity index (χ4v) is 2.39. The number of urea groups is 1. The van der Waals surface area contributed by atoms with Gasteiger partial charge in [-0.1, -0.05) is 18.2 Å². The predicted octanol–water partition coefficient (Wildman–Crippen LogP) is 4.73. The van der Waals surface area contributed by atoms with Crippen molar-refractivity contribution in [2.75, 3.05) is 10.6 Å². The molecule has 0 radical (unpaired) electrons. The summed E-state index contributed by atoms with van der Waals surface area (Å²) in [6, 6.07) is 11.1. The molecule has 0 bridgehead atoms. The van der Waals surface area contributed by atoms with Gasteiger partial charge >= 0.3 is 12.2 Å². The van der Waals surface area contributed by atoms with Crippen LogP contribution in [0.15, 0.2) is 60.8 Å². The lowest BCUT2D eigenvalue weighted by molar-refractivity contribution is -0.137. The van der Waals surface area contributed by atoms with Crippen LogP contribution in [0.3, 0.4) is 0 Å². The molecule has 0 saturated carbocycles. The molecule has 2 N–H and O–H groups in total. The molecule has 0 aliphatic rings. The number of carbonyl (C=O) groups excluding carboxylic acids is 1. The summed E-state index contributed by atoms with van der Waals surface area (Å²) in [5, 5.41) is 8.87. The Morgan fingerprint density at radius 3 is 2.56 bits per heavy atom. The van der Waals surface area contributed by atoms with Crippen LogP contribution in [0.4, 0.5) is 33.9 Å². The van der Waals surface area contributed by atoms with Crippen molar-refractivity contribution in [3.05, 3.63) is 77.7 Å². The normalized spacial score (nSPS) is 11.3. The van der Waals surface area contributed by atoms with Gasteiger partial charge in [-0.05, 0) is 35.9 Å². The molecular weight excluding hydrogens is 364 g/mol. The molecule has 2 aromatic carbocycles. The van der Waals surface area contributed by atoms with Crippen LogP contribution in [0.2, 0.25) is 0 Å². The number of halogens is 4. The fourth-order valence-electron chi connectivity index (χ4n) is 2.39. The maximum absolute atomic E-state index is 13.2. The number of alkyl halides is 3. The van der Waals surface area contributed by atoms with Crippen molar-refractivity contribution in [3.8, 4) is 0 Å². The SMILES string of the molecule is O=C(Nc1cccc(C(F)(F)F)c1)Nc1ccn(Cc2cccc(F)c2)n1. The van der Waals surface area contributed by atoms with E-state index in [4.69, 9.17) is 0 Å². The van der Waals surface area contributed by atoms with Gasteiger partial charge in [0.15, 0.2) is 5.82 Å². The maximum Gasteiger partial charge on any atom is 0.416 e. The highest BCUT2D eigenvalue weighted by Crippen LogP contribution is 2.30. The number of aromatic nitrogens is 2. The smallest absolute Gasteiger partial charge is 0.308 e. The molecule has 0 unspecified atom stereocenters. The lowest BCUT2D eigenvalue weighted by Gasteiger charge is -2.10. The molecule has 3 rings (SSSR count). The van der Waals surface area contributed by atoms with Gasteiger partial charge in [-0.15, -0.1) is 0 Å². The van der Waals surface area contributed by atoms with Gasteiger partial charge in [0, 0.05) is 18.0 Å². The van der Waals surface area contributed by atoms with Crippen molar-refractivity contribution in [2.45, 2.75) is 12.7 Å². The lowest BCUT2D eigenvalue weighted by Crippen LogP contribution is -2.20. The Bertz CT molecular complexity index is 952. The van der Waals surface area contributed by atoms with Crippen LogP contribution >= 0.6 is 0 Å². The van der Waals surface area contributed by atoms with Crippen molar-refractivity contribution in [2.24, 2.45) is 0 Å². The highest BCUT2D eigenvalue weighted by atomic mass is 19.4. The second kappa shape index (κ2) is 7.48. The second-order valence-electron chi connectivity index (χ2n) is 5.69. The van der Waals surface area contributed by atoms with Crippen LogP contribution in [0.5, 0.6) is 0 Å². The van der Waals surface area contributed by atoms with Crippen LogP contribution in [0.1, 0.15) is 11.1 Å². The number of nitrogens with one attached hydrogen (secondary N) is 2. The summed E-state index contributed by atoms with van der Waals surface area (Å²) in [5.41, 5.74) is -0.167. The summed E-state index contributed by atoms with van der Waals surface area (Å²) in [7, 11) is 0. The Hall–Kier alpha value is -3.36. The molecule has 5 nitrogen and oxygen atoms in total. The van der Waals surface area contributed by atoms with Gasteiger partial charge in [0.05, 0.1) is 12.1 Å². The Balaban J connectivity index is 1.61. The largest absolute Gasteiger partial charge is 0.416 e. The second-order valence-corrected chi connectivity index (χ2v) is 5.69. The van der Waals surface area contributed by atoms with Crippen molar-refractivity contribution < 1.29 is 22.4 Å². The number of anilines is 2. The molecule has 0 aliphatic heterocycles. The predicted molar refractivity (Wildman–Crippen MR) is 91.8 cm³/mol. The van der Waals surface area contributed by atoms with E-state index in [2.05, 4.69) is 15.7 Å². The fraction of sp³-hybridized carbons (Fsp3) is 0.111. The molecule has 2 amide bonds. The van der Waals surface area contributed by atoms with E-state index in [1.54, 1.807) is 18.3 Å². The van der Waals surface area contributed by atoms with Gasteiger partial charge in [-0.3, -0.25) is 10.00 Å². The van der Waals surface area contributed by atoms with Crippen LogP contribution in [0.25, 0.3) is 0 Å².